The number of benzene rings is 1. The van der Waals surface area contributed by atoms with Crippen molar-refractivity contribution in [1.82, 2.24) is 9.47 Å². The molecule has 1 aromatic heterocycles. The second-order valence-corrected chi connectivity index (χ2v) is 7.14. The summed E-state index contributed by atoms with van der Waals surface area (Å²) < 4.78 is 20.6. The lowest BCUT2D eigenvalue weighted by atomic mass is 10.0. The highest BCUT2D eigenvalue weighted by molar-refractivity contribution is 6.30. The number of aromatic hydroxyl groups is 1. The molecule has 0 saturated heterocycles. The summed E-state index contributed by atoms with van der Waals surface area (Å²) in [6, 6.07) is 4.27. The van der Waals surface area contributed by atoms with Crippen LogP contribution in [-0.4, -0.2) is 33.6 Å². The number of carbonyl (C=O) groups excluding carboxylic acids is 1. The molecular weight excluding hydrogens is 375 g/mol. The molecule has 0 radical (unpaired) electrons. The van der Waals surface area contributed by atoms with Gasteiger partial charge in [0.2, 0.25) is 5.43 Å². The normalized spacial score (nSPS) is 16.7. The van der Waals surface area contributed by atoms with E-state index in [2.05, 4.69) is 0 Å². The lowest BCUT2D eigenvalue weighted by Crippen LogP contribution is -2.42. The molecule has 8 heteroatoms. The van der Waals surface area contributed by atoms with Gasteiger partial charge in [-0.3, -0.25) is 9.59 Å². The van der Waals surface area contributed by atoms with Gasteiger partial charge in [0.1, 0.15) is 5.82 Å². The summed E-state index contributed by atoms with van der Waals surface area (Å²) >= 11 is 5.81. The van der Waals surface area contributed by atoms with E-state index in [-0.39, 0.29) is 23.9 Å². The molecule has 27 heavy (non-hydrogen) atoms. The predicted octanol–water partition coefficient (Wildman–Crippen LogP) is 2.47. The molecule has 0 saturated carbocycles. The van der Waals surface area contributed by atoms with E-state index in [1.165, 1.54) is 17.0 Å². The van der Waals surface area contributed by atoms with Crippen molar-refractivity contribution in [3.63, 3.8) is 0 Å². The highest BCUT2D eigenvalue weighted by Gasteiger charge is 2.32. The summed E-state index contributed by atoms with van der Waals surface area (Å²) in [6.07, 6.45) is 1.22. The van der Waals surface area contributed by atoms with Gasteiger partial charge in [0.05, 0.1) is 17.3 Å². The van der Waals surface area contributed by atoms with Crippen LogP contribution in [0, 0.1) is 5.82 Å². The predicted molar refractivity (Wildman–Crippen MR) is 96.5 cm³/mol. The molecule has 0 unspecified atom stereocenters. The first kappa shape index (κ1) is 18.0. The lowest BCUT2D eigenvalue weighted by Gasteiger charge is -2.32. The number of pyridine rings is 1. The molecule has 0 spiro atoms. The maximum atomic E-state index is 13.3. The van der Waals surface area contributed by atoms with Gasteiger partial charge in [0, 0.05) is 31.8 Å². The fourth-order valence-electron chi connectivity index (χ4n) is 3.69. The highest BCUT2D eigenvalue weighted by atomic mass is 35.5. The van der Waals surface area contributed by atoms with Crippen LogP contribution in [0.15, 0.2) is 23.0 Å². The molecule has 1 N–H and O–H groups in total. The molecule has 0 atom stereocenters. The number of hydrogen-bond donors (Lipinski definition) is 1. The zero-order valence-electron chi connectivity index (χ0n) is 14.5. The molecule has 6 nitrogen and oxygen atoms in total. The molecule has 2 aliphatic heterocycles. The van der Waals surface area contributed by atoms with E-state index in [0.29, 0.717) is 49.4 Å². The second kappa shape index (κ2) is 6.98. The molecular formula is C19H18ClFN2O4. The first-order chi connectivity index (χ1) is 13.0. The van der Waals surface area contributed by atoms with Crippen LogP contribution >= 0.6 is 11.6 Å². The molecule has 2 aliphatic rings. The van der Waals surface area contributed by atoms with Gasteiger partial charge in [-0.05, 0) is 30.5 Å². The Morgan fingerprint density at radius 3 is 2.85 bits per heavy atom. The average molecular weight is 393 g/mol. The zero-order valence-corrected chi connectivity index (χ0v) is 15.3. The number of aromatic nitrogens is 1. The van der Waals surface area contributed by atoms with Gasteiger partial charge >= 0.3 is 0 Å². The van der Waals surface area contributed by atoms with Crippen LogP contribution in [0.25, 0.3) is 0 Å². The van der Waals surface area contributed by atoms with Crippen LogP contribution in [0.2, 0.25) is 5.02 Å². The number of hydrogen-bond acceptors (Lipinski definition) is 4. The monoisotopic (exact) mass is 392 g/mol. The molecule has 1 amide bonds. The minimum Gasteiger partial charge on any atom is -0.503 e. The number of amides is 1. The van der Waals surface area contributed by atoms with Crippen LogP contribution < -0.4 is 5.43 Å². The van der Waals surface area contributed by atoms with E-state index < -0.39 is 22.9 Å². The number of ether oxygens (including phenoxy) is 1. The molecule has 3 heterocycles. The van der Waals surface area contributed by atoms with E-state index in [0.717, 1.165) is 0 Å². The van der Waals surface area contributed by atoms with Crippen molar-refractivity contribution in [2.75, 3.05) is 13.2 Å². The third-order valence-electron chi connectivity index (χ3n) is 5.05. The Labute approximate surface area is 159 Å². The average Bonchev–Trinajstić information content (AvgIpc) is 2.90. The lowest BCUT2D eigenvalue weighted by molar-refractivity contribution is 0.0671. The van der Waals surface area contributed by atoms with Gasteiger partial charge in [-0.1, -0.05) is 17.7 Å². The summed E-state index contributed by atoms with van der Waals surface area (Å²) in [5.74, 6) is -1.48. The summed E-state index contributed by atoms with van der Waals surface area (Å²) in [5.41, 5.74) is 1.36. The van der Waals surface area contributed by atoms with Gasteiger partial charge in [-0.25, -0.2) is 4.39 Å². The Bertz CT molecular complexity index is 989. The van der Waals surface area contributed by atoms with Gasteiger partial charge < -0.3 is 19.3 Å². The molecule has 0 aliphatic carbocycles. The summed E-state index contributed by atoms with van der Waals surface area (Å²) in [7, 11) is 0. The fraction of sp³-hybridized carbons (Fsp3) is 0.368. The minimum absolute atomic E-state index is 0.0105. The zero-order chi connectivity index (χ0) is 19.1. The van der Waals surface area contributed by atoms with E-state index in [1.54, 1.807) is 10.6 Å². The topological polar surface area (TPSA) is 71.8 Å². The van der Waals surface area contributed by atoms with Gasteiger partial charge in [-0.2, -0.15) is 0 Å². The minimum atomic E-state index is -0.525. The number of fused-ring (bicyclic) bond motifs is 3. The SMILES string of the molecule is O=C1c2c(O)c(=O)c3c(n2CCN1Cc1ccc(F)c(Cl)c1)COCCC3. The van der Waals surface area contributed by atoms with Crippen molar-refractivity contribution < 1.29 is 19.0 Å². The van der Waals surface area contributed by atoms with E-state index in [4.69, 9.17) is 16.3 Å². The Kier molecular flexibility index (Phi) is 4.65. The Balaban J connectivity index is 1.72. The third-order valence-corrected chi connectivity index (χ3v) is 5.34. The molecule has 1 aromatic carbocycles. The maximum absolute atomic E-state index is 13.3. The van der Waals surface area contributed by atoms with Crippen LogP contribution in [0.4, 0.5) is 4.39 Å². The molecule has 4 rings (SSSR count). The Hall–Kier alpha value is -2.38. The van der Waals surface area contributed by atoms with Crippen LogP contribution in [0.5, 0.6) is 5.75 Å². The molecule has 0 fully saturated rings. The maximum Gasteiger partial charge on any atom is 0.274 e. The number of nitrogens with zero attached hydrogens (tertiary/aromatic N) is 2. The molecule has 2 aromatic rings. The smallest absolute Gasteiger partial charge is 0.274 e. The quantitative estimate of drug-likeness (QED) is 0.852. The third kappa shape index (κ3) is 3.11. The highest BCUT2D eigenvalue weighted by Crippen LogP contribution is 2.27. The van der Waals surface area contributed by atoms with Crippen molar-refractivity contribution in [1.29, 1.82) is 0 Å². The van der Waals surface area contributed by atoms with E-state index in [1.807, 2.05) is 0 Å². The van der Waals surface area contributed by atoms with Crippen molar-refractivity contribution in [2.24, 2.45) is 0 Å². The number of rotatable bonds is 2. The molecule has 0 bridgehead atoms. The number of carbonyl (C=O) groups is 1. The van der Waals surface area contributed by atoms with E-state index in [9.17, 15) is 19.1 Å². The van der Waals surface area contributed by atoms with Gasteiger partial charge in [-0.15, -0.1) is 0 Å². The number of halogens is 2. The summed E-state index contributed by atoms with van der Waals surface area (Å²) in [5, 5.41) is 10.4. The second-order valence-electron chi connectivity index (χ2n) is 6.73. The molecule has 142 valence electrons. The largest absolute Gasteiger partial charge is 0.503 e. The Morgan fingerprint density at radius 2 is 2.07 bits per heavy atom. The van der Waals surface area contributed by atoms with E-state index >= 15 is 0 Å². The van der Waals surface area contributed by atoms with Crippen molar-refractivity contribution in [2.45, 2.75) is 32.5 Å². The van der Waals surface area contributed by atoms with Crippen molar-refractivity contribution >= 4 is 17.5 Å². The van der Waals surface area contributed by atoms with Gasteiger partial charge in [0.25, 0.3) is 5.91 Å². The standard InChI is InChI=1S/C19H18ClFN2O4/c20-13-8-11(3-4-14(13)21)9-22-5-6-23-15-10-27-7-1-2-12(15)17(24)18(25)16(23)19(22)26/h3-4,8,25H,1-2,5-7,9-10H2. The van der Waals surface area contributed by atoms with Crippen LogP contribution in [-0.2, 0) is 30.9 Å². The summed E-state index contributed by atoms with van der Waals surface area (Å²) in [6.45, 7) is 1.83. The summed E-state index contributed by atoms with van der Waals surface area (Å²) in [4.78, 5) is 27.1. The first-order valence-corrected chi connectivity index (χ1v) is 9.13. The fourth-order valence-corrected chi connectivity index (χ4v) is 3.90. The van der Waals surface area contributed by atoms with Crippen molar-refractivity contribution in [3.05, 3.63) is 61.8 Å². The van der Waals surface area contributed by atoms with Crippen LogP contribution in [0.1, 0.15) is 33.7 Å². The van der Waals surface area contributed by atoms with Crippen LogP contribution in [0.3, 0.4) is 0 Å². The van der Waals surface area contributed by atoms with Gasteiger partial charge in [0.15, 0.2) is 11.4 Å². The Morgan fingerprint density at radius 1 is 1.26 bits per heavy atom. The van der Waals surface area contributed by atoms with Crippen molar-refractivity contribution in [3.8, 4) is 5.75 Å². The first-order valence-electron chi connectivity index (χ1n) is 8.76.